The zero-order valence-corrected chi connectivity index (χ0v) is 8.09. The van der Waals surface area contributed by atoms with Crippen molar-refractivity contribution in [2.45, 2.75) is 31.5 Å². The summed E-state index contributed by atoms with van der Waals surface area (Å²) in [7, 11) is 0. The third-order valence-corrected chi connectivity index (χ3v) is 2.77. The van der Waals surface area contributed by atoms with E-state index in [0.717, 1.165) is 6.42 Å². The van der Waals surface area contributed by atoms with Gasteiger partial charge in [-0.1, -0.05) is 0 Å². The maximum Gasteiger partial charge on any atom is 0.435 e. The molecule has 0 bridgehead atoms. The molecular weight excluding hydrogens is 207 g/mol. The van der Waals surface area contributed by atoms with Crippen molar-refractivity contribution in [2.75, 3.05) is 6.54 Å². The van der Waals surface area contributed by atoms with Crippen molar-refractivity contribution in [1.29, 1.82) is 0 Å². The standard InChI is InChI=1S/C9H12F3N3/c10-9(11,12)8-7-6(1-3-13)2-4-15(7)5-14-8/h5-6H,1-4,13H2. The number of nitrogens with zero attached hydrogens (tertiary/aromatic N) is 2. The average Bonchev–Trinajstić information content (AvgIpc) is 2.66. The van der Waals surface area contributed by atoms with E-state index in [-0.39, 0.29) is 5.92 Å². The van der Waals surface area contributed by atoms with Crippen molar-refractivity contribution in [3.63, 3.8) is 0 Å². The summed E-state index contributed by atoms with van der Waals surface area (Å²) in [4.78, 5) is 3.44. The van der Waals surface area contributed by atoms with E-state index in [1.54, 1.807) is 4.57 Å². The van der Waals surface area contributed by atoms with Crippen molar-refractivity contribution in [3.8, 4) is 0 Å². The summed E-state index contributed by atoms with van der Waals surface area (Å²) < 4.78 is 39.3. The number of aromatic nitrogens is 2. The Balaban J connectivity index is 2.36. The highest BCUT2D eigenvalue weighted by molar-refractivity contribution is 5.23. The van der Waals surface area contributed by atoms with Gasteiger partial charge in [0.2, 0.25) is 0 Å². The van der Waals surface area contributed by atoms with E-state index in [1.807, 2.05) is 0 Å². The molecule has 3 nitrogen and oxygen atoms in total. The lowest BCUT2D eigenvalue weighted by Gasteiger charge is -2.11. The van der Waals surface area contributed by atoms with Gasteiger partial charge in [0, 0.05) is 12.5 Å². The van der Waals surface area contributed by atoms with Crippen molar-refractivity contribution >= 4 is 0 Å². The maximum atomic E-state index is 12.6. The predicted molar refractivity (Wildman–Crippen MR) is 48.3 cm³/mol. The molecule has 84 valence electrons. The van der Waals surface area contributed by atoms with Crippen molar-refractivity contribution < 1.29 is 13.2 Å². The highest BCUT2D eigenvalue weighted by Crippen LogP contribution is 2.39. The predicted octanol–water partition coefficient (Wildman–Crippen LogP) is 1.74. The first-order chi connectivity index (χ1) is 7.04. The molecule has 0 spiro atoms. The fourth-order valence-corrected chi connectivity index (χ4v) is 2.13. The zero-order valence-electron chi connectivity index (χ0n) is 8.09. The third kappa shape index (κ3) is 1.73. The third-order valence-electron chi connectivity index (χ3n) is 2.77. The molecule has 1 aromatic heterocycles. The Kier molecular flexibility index (Phi) is 2.46. The second-order valence-corrected chi connectivity index (χ2v) is 3.73. The largest absolute Gasteiger partial charge is 0.435 e. The van der Waals surface area contributed by atoms with Crippen LogP contribution in [-0.4, -0.2) is 16.1 Å². The molecule has 2 rings (SSSR count). The summed E-state index contributed by atoms with van der Waals surface area (Å²) in [5.41, 5.74) is 4.96. The molecule has 0 aromatic carbocycles. The van der Waals surface area contributed by atoms with E-state index in [1.165, 1.54) is 6.33 Å². The first-order valence-electron chi connectivity index (χ1n) is 4.86. The molecule has 2 N–H and O–H groups in total. The molecule has 0 saturated carbocycles. The van der Waals surface area contributed by atoms with Crippen LogP contribution in [0.25, 0.3) is 0 Å². The minimum Gasteiger partial charge on any atom is -0.334 e. The minimum absolute atomic E-state index is 0.0888. The normalized spacial score (nSPS) is 20.7. The molecule has 0 aliphatic carbocycles. The summed E-state index contributed by atoms with van der Waals surface area (Å²) >= 11 is 0. The van der Waals surface area contributed by atoms with Gasteiger partial charge in [-0.3, -0.25) is 0 Å². The monoisotopic (exact) mass is 219 g/mol. The Labute approximate surface area is 85.1 Å². The first-order valence-corrected chi connectivity index (χ1v) is 4.86. The van der Waals surface area contributed by atoms with Gasteiger partial charge in [0.25, 0.3) is 0 Å². The van der Waals surface area contributed by atoms with Crippen LogP contribution in [0.2, 0.25) is 0 Å². The Morgan fingerprint density at radius 3 is 2.87 bits per heavy atom. The summed E-state index contributed by atoms with van der Waals surface area (Å²) in [5.74, 6) is -0.0888. The second kappa shape index (κ2) is 3.52. The number of hydrogen-bond acceptors (Lipinski definition) is 2. The highest BCUT2D eigenvalue weighted by atomic mass is 19.4. The SMILES string of the molecule is NCCC1CCn2cnc(C(F)(F)F)c21. The molecule has 1 unspecified atom stereocenters. The van der Waals surface area contributed by atoms with Crippen LogP contribution < -0.4 is 5.73 Å². The van der Waals surface area contributed by atoms with Crippen LogP contribution in [0.4, 0.5) is 13.2 Å². The van der Waals surface area contributed by atoms with E-state index in [2.05, 4.69) is 4.98 Å². The fraction of sp³-hybridized carbons (Fsp3) is 0.667. The van der Waals surface area contributed by atoms with Crippen molar-refractivity contribution in [3.05, 3.63) is 17.7 Å². The Morgan fingerprint density at radius 2 is 2.27 bits per heavy atom. The smallest absolute Gasteiger partial charge is 0.334 e. The number of nitrogens with two attached hydrogens (primary N) is 1. The summed E-state index contributed by atoms with van der Waals surface area (Å²) in [6.07, 6.45) is -1.75. The highest BCUT2D eigenvalue weighted by Gasteiger charge is 2.41. The first kappa shape index (κ1) is 10.5. The van der Waals surface area contributed by atoms with Crippen LogP contribution in [0.15, 0.2) is 6.33 Å². The molecule has 2 heterocycles. The van der Waals surface area contributed by atoms with Gasteiger partial charge in [-0.15, -0.1) is 0 Å². The number of fused-ring (bicyclic) bond motifs is 1. The van der Waals surface area contributed by atoms with Gasteiger partial charge >= 0.3 is 6.18 Å². The van der Waals surface area contributed by atoms with Crippen LogP contribution >= 0.6 is 0 Å². The number of rotatable bonds is 2. The summed E-state index contributed by atoms with van der Waals surface area (Å²) in [5, 5.41) is 0. The van der Waals surface area contributed by atoms with E-state index >= 15 is 0 Å². The van der Waals surface area contributed by atoms with Crippen LogP contribution in [0.3, 0.4) is 0 Å². The fourth-order valence-electron chi connectivity index (χ4n) is 2.13. The molecule has 0 amide bonds. The molecule has 6 heteroatoms. The second-order valence-electron chi connectivity index (χ2n) is 3.73. The van der Waals surface area contributed by atoms with E-state index in [0.29, 0.717) is 25.2 Å². The molecule has 1 aromatic rings. The Hall–Kier alpha value is -1.04. The lowest BCUT2D eigenvalue weighted by atomic mass is 9.99. The number of alkyl halides is 3. The molecule has 0 fully saturated rings. The van der Waals surface area contributed by atoms with E-state index in [4.69, 9.17) is 5.73 Å². The van der Waals surface area contributed by atoms with Gasteiger partial charge in [-0.05, 0) is 19.4 Å². The quantitative estimate of drug-likeness (QED) is 0.823. The number of aryl methyl sites for hydroxylation is 1. The molecular formula is C9H12F3N3. The Bertz CT molecular complexity index is 356. The van der Waals surface area contributed by atoms with E-state index < -0.39 is 11.9 Å². The number of imidazole rings is 1. The van der Waals surface area contributed by atoms with Gasteiger partial charge in [-0.2, -0.15) is 13.2 Å². The summed E-state index contributed by atoms with van der Waals surface area (Å²) in [6.45, 7) is 1.02. The Morgan fingerprint density at radius 1 is 1.53 bits per heavy atom. The van der Waals surface area contributed by atoms with Crippen LogP contribution in [-0.2, 0) is 12.7 Å². The number of halogens is 3. The van der Waals surface area contributed by atoms with E-state index in [9.17, 15) is 13.2 Å². The lowest BCUT2D eigenvalue weighted by molar-refractivity contribution is -0.141. The van der Waals surface area contributed by atoms with Crippen molar-refractivity contribution in [2.24, 2.45) is 5.73 Å². The summed E-state index contributed by atoms with van der Waals surface area (Å²) in [6, 6.07) is 0. The topological polar surface area (TPSA) is 43.8 Å². The lowest BCUT2D eigenvalue weighted by Crippen LogP contribution is -2.13. The number of hydrogen-bond donors (Lipinski definition) is 1. The maximum absolute atomic E-state index is 12.6. The van der Waals surface area contributed by atoms with Gasteiger partial charge in [0.15, 0.2) is 5.69 Å². The minimum atomic E-state index is -4.35. The van der Waals surface area contributed by atoms with Crippen LogP contribution in [0.5, 0.6) is 0 Å². The molecule has 15 heavy (non-hydrogen) atoms. The molecule has 0 saturated heterocycles. The molecule has 0 radical (unpaired) electrons. The molecule has 1 aliphatic heterocycles. The average molecular weight is 219 g/mol. The zero-order chi connectivity index (χ0) is 11.1. The molecule has 1 atom stereocenters. The molecule has 1 aliphatic rings. The van der Waals surface area contributed by atoms with Gasteiger partial charge < -0.3 is 10.3 Å². The van der Waals surface area contributed by atoms with Crippen LogP contribution in [0, 0.1) is 0 Å². The van der Waals surface area contributed by atoms with Crippen LogP contribution in [0.1, 0.15) is 30.1 Å². The van der Waals surface area contributed by atoms with Gasteiger partial charge in [0.1, 0.15) is 0 Å². The van der Waals surface area contributed by atoms with Gasteiger partial charge in [0.05, 0.1) is 12.0 Å². The van der Waals surface area contributed by atoms with Crippen molar-refractivity contribution in [1.82, 2.24) is 9.55 Å². The van der Waals surface area contributed by atoms with Gasteiger partial charge in [-0.25, -0.2) is 4.98 Å².